The maximum Gasteiger partial charge on any atom is 0.255 e. The normalized spacial score (nSPS) is 16.0. The van der Waals surface area contributed by atoms with E-state index in [1.165, 1.54) is 0 Å². The Morgan fingerprint density at radius 2 is 1.83 bits per heavy atom. The molecule has 3 aromatic carbocycles. The molecule has 0 spiro atoms. The standard InChI is InChI=1S/C24H21IN2O2S/c1-16-13-20(25)11-12-21(16)26-23(29)18-7-9-19(10-8-18)24-27(22(28)15-30-24)14-17-5-3-2-4-6-17/h2-13,24H,14-15H2,1H3,(H,26,29)/t24-/m0/s1. The number of nitrogens with zero attached hydrogens (tertiary/aromatic N) is 1. The number of carbonyl (C=O) groups is 2. The molecule has 152 valence electrons. The molecule has 1 N–H and O–H groups in total. The second kappa shape index (κ2) is 9.22. The van der Waals surface area contributed by atoms with Crippen molar-refractivity contribution < 1.29 is 9.59 Å². The molecule has 0 bridgehead atoms. The third-order valence-corrected chi connectivity index (χ3v) is 6.99. The molecule has 0 aliphatic carbocycles. The molecule has 1 saturated heterocycles. The van der Waals surface area contributed by atoms with Crippen molar-refractivity contribution in [1.29, 1.82) is 0 Å². The summed E-state index contributed by atoms with van der Waals surface area (Å²) in [5.74, 6) is 0.484. The van der Waals surface area contributed by atoms with E-state index in [1.54, 1.807) is 11.8 Å². The van der Waals surface area contributed by atoms with Crippen LogP contribution < -0.4 is 5.32 Å². The van der Waals surface area contributed by atoms with Gasteiger partial charge in [-0.3, -0.25) is 9.59 Å². The predicted molar refractivity (Wildman–Crippen MR) is 130 cm³/mol. The van der Waals surface area contributed by atoms with Crippen LogP contribution in [0, 0.1) is 10.5 Å². The average Bonchev–Trinajstić information content (AvgIpc) is 3.11. The Hall–Kier alpha value is -2.32. The Balaban J connectivity index is 1.48. The van der Waals surface area contributed by atoms with Crippen molar-refractivity contribution in [3.05, 3.63) is 98.6 Å². The van der Waals surface area contributed by atoms with Crippen molar-refractivity contribution >= 4 is 51.9 Å². The van der Waals surface area contributed by atoms with Gasteiger partial charge in [0.25, 0.3) is 5.91 Å². The van der Waals surface area contributed by atoms with Crippen LogP contribution >= 0.6 is 34.4 Å². The molecule has 1 heterocycles. The Bertz CT molecular complexity index is 1070. The highest BCUT2D eigenvalue weighted by atomic mass is 127. The highest BCUT2D eigenvalue weighted by Crippen LogP contribution is 2.39. The molecule has 1 aliphatic heterocycles. The van der Waals surface area contributed by atoms with Crippen LogP contribution in [0.25, 0.3) is 0 Å². The number of aryl methyl sites for hydroxylation is 1. The molecule has 0 unspecified atom stereocenters. The fraction of sp³-hybridized carbons (Fsp3) is 0.167. The first-order valence-corrected chi connectivity index (χ1v) is 11.8. The first kappa shape index (κ1) is 20.9. The van der Waals surface area contributed by atoms with Crippen LogP contribution in [0.4, 0.5) is 5.69 Å². The zero-order valence-corrected chi connectivity index (χ0v) is 19.4. The molecule has 3 aromatic rings. The zero-order chi connectivity index (χ0) is 21.1. The summed E-state index contributed by atoms with van der Waals surface area (Å²) in [6, 6.07) is 23.5. The number of hydrogen-bond acceptors (Lipinski definition) is 3. The molecule has 2 amide bonds. The Morgan fingerprint density at radius 1 is 1.10 bits per heavy atom. The quantitative estimate of drug-likeness (QED) is 0.437. The number of amides is 2. The van der Waals surface area contributed by atoms with E-state index in [0.717, 1.165) is 25.9 Å². The third-order valence-electron chi connectivity index (χ3n) is 5.06. The van der Waals surface area contributed by atoms with E-state index in [2.05, 4.69) is 27.9 Å². The van der Waals surface area contributed by atoms with Crippen LogP contribution in [0.1, 0.15) is 32.4 Å². The second-order valence-corrected chi connectivity index (χ2v) is 9.52. The van der Waals surface area contributed by atoms with Crippen LogP contribution in [0.2, 0.25) is 0 Å². The molecule has 0 radical (unpaired) electrons. The minimum Gasteiger partial charge on any atom is -0.322 e. The lowest BCUT2D eigenvalue weighted by molar-refractivity contribution is -0.128. The molecule has 30 heavy (non-hydrogen) atoms. The van der Waals surface area contributed by atoms with Gasteiger partial charge in [-0.15, -0.1) is 11.8 Å². The SMILES string of the molecule is Cc1cc(I)ccc1NC(=O)c1ccc([C@@H]2SCC(=O)N2Cc2ccccc2)cc1. The molecule has 1 atom stereocenters. The maximum absolute atomic E-state index is 12.7. The summed E-state index contributed by atoms with van der Waals surface area (Å²) in [5, 5.41) is 2.95. The Labute approximate surface area is 194 Å². The molecule has 1 fully saturated rings. The number of nitrogens with one attached hydrogen (secondary N) is 1. The van der Waals surface area contributed by atoms with Gasteiger partial charge in [-0.1, -0.05) is 42.5 Å². The van der Waals surface area contributed by atoms with Gasteiger partial charge in [0.15, 0.2) is 0 Å². The summed E-state index contributed by atoms with van der Waals surface area (Å²) >= 11 is 3.88. The number of thioether (sulfide) groups is 1. The summed E-state index contributed by atoms with van der Waals surface area (Å²) < 4.78 is 1.14. The van der Waals surface area contributed by atoms with E-state index in [1.807, 2.05) is 84.6 Å². The minimum absolute atomic E-state index is 0.0340. The first-order valence-electron chi connectivity index (χ1n) is 9.64. The van der Waals surface area contributed by atoms with Crippen molar-refractivity contribution in [3.63, 3.8) is 0 Å². The van der Waals surface area contributed by atoms with Gasteiger partial charge in [-0.05, 0) is 76.5 Å². The fourth-order valence-corrected chi connectivity index (χ4v) is 5.28. The Morgan fingerprint density at radius 3 is 2.53 bits per heavy atom. The minimum atomic E-state index is -0.137. The van der Waals surface area contributed by atoms with Gasteiger partial charge in [-0.2, -0.15) is 0 Å². The monoisotopic (exact) mass is 528 g/mol. The lowest BCUT2D eigenvalue weighted by atomic mass is 10.1. The van der Waals surface area contributed by atoms with Crippen molar-refractivity contribution in [3.8, 4) is 0 Å². The molecule has 4 nitrogen and oxygen atoms in total. The summed E-state index contributed by atoms with van der Waals surface area (Å²) in [6.45, 7) is 2.57. The number of benzene rings is 3. The number of hydrogen-bond donors (Lipinski definition) is 1. The molecule has 4 rings (SSSR count). The number of anilines is 1. The van der Waals surface area contributed by atoms with E-state index in [9.17, 15) is 9.59 Å². The van der Waals surface area contributed by atoms with Crippen molar-refractivity contribution in [1.82, 2.24) is 4.90 Å². The topological polar surface area (TPSA) is 49.4 Å². The van der Waals surface area contributed by atoms with Gasteiger partial charge in [0, 0.05) is 21.4 Å². The number of rotatable bonds is 5. The van der Waals surface area contributed by atoms with Crippen molar-refractivity contribution in [2.45, 2.75) is 18.8 Å². The smallest absolute Gasteiger partial charge is 0.255 e. The molecule has 0 aromatic heterocycles. The second-order valence-electron chi connectivity index (χ2n) is 7.21. The zero-order valence-electron chi connectivity index (χ0n) is 16.5. The molecule has 0 saturated carbocycles. The van der Waals surface area contributed by atoms with Crippen molar-refractivity contribution in [2.24, 2.45) is 0 Å². The van der Waals surface area contributed by atoms with Crippen LogP contribution in [0.15, 0.2) is 72.8 Å². The fourth-order valence-electron chi connectivity index (χ4n) is 3.44. The average molecular weight is 528 g/mol. The van der Waals surface area contributed by atoms with Crippen LogP contribution in [0.5, 0.6) is 0 Å². The number of halogens is 1. The van der Waals surface area contributed by atoms with E-state index in [0.29, 0.717) is 17.9 Å². The van der Waals surface area contributed by atoms with Crippen LogP contribution in [-0.4, -0.2) is 22.5 Å². The predicted octanol–water partition coefficient (Wildman–Crippen LogP) is 5.63. The lowest BCUT2D eigenvalue weighted by Crippen LogP contribution is -2.27. The lowest BCUT2D eigenvalue weighted by Gasteiger charge is -2.24. The van der Waals surface area contributed by atoms with Gasteiger partial charge in [0.2, 0.25) is 5.91 Å². The molecule has 6 heteroatoms. The van der Waals surface area contributed by atoms with Gasteiger partial charge in [0.05, 0.1) is 5.75 Å². The van der Waals surface area contributed by atoms with E-state index in [4.69, 9.17) is 0 Å². The first-order chi connectivity index (χ1) is 14.5. The van der Waals surface area contributed by atoms with Crippen LogP contribution in [0.3, 0.4) is 0 Å². The van der Waals surface area contributed by atoms with E-state index >= 15 is 0 Å². The van der Waals surface area contributed by atoms with Gasteiger partial charge >= 0.3 is 0 Å². The molecular weight excluding hydrogens is 507 g/mol. The van der Waals surface area contributed by atoms with Gasteiger partial charge in [-0.25, -0.2) is 0 Å². The Kier molecular flexibility index (Phi) is 6.43. The highest BCUT2D eigenvalue weighted by molar-refractivity contribution is 14.1. The summed E-state index contributed by atoms with van der Waals surface area (Å²) in [7, 11) is 0. The third kappa shape index (κ3) is 4.70. The van der Waals surface area contributed by atoms with E-state index in [-0.39, 0.29) is 17.2 Å². The summed E-state index contributed by atoms with van der Waals surface area (Å²) in [5.41, 5.74) is 4.59. The van der Waals surface area contributed by atoms with Gasteiger partial charge < -0.3 is 10.2 Å². The molecule has 1 aliphatic rings. The maximum atomic E-state index is 12.7. The highest BCUT2D eigenvalue weighted by Gasteiger charge is 2.32. The van der Waals surface area contributed by atoms with Crippen molar-refractivity contribution in [2.75, 3.05) is 11.1 Å². The van der Waals surface area contributed by atoms with Gasteiger partial charge in [0.1, 0.15) is 5.37 Å². The van der Waals surface area contributed by atoms with Crippen LogP contribution in [-0.2, 0) is 11.3 Å². The summed E-state index contributed by atoms with van der Waals surface area (Å²) in [4.78, 5) is 27.0. The number of carbonyl (C=O) groups excluding carboxylic acids is 2. The molecular formula is C24H21IN2O2S. The van der Waals surface area contributed by atoms with E-state index < -0.39 is 0 Å². The summed E-state index contributed by atoms with van der Waals surface area (Å²) in [6.07, 6.45) is 0. The largest absolute Gasteiger partial charge is 0.322 e.